The van der Waals surface area contributed by atoms with Crippen molar-refractivity contribution in [3.8, 4) is 0 Å². The molecular formula is C17H35N3O. The molecule has 0 radical (unpaired) electrons. The maximum Gasteiger partial charge on any atom is 0.193 e. The highest BCUT2D eigenvalue weighted by molar-refractivity contribution is 5.79. The summed E-state index contributed by atoms with van der Waals surface area (Å²) in [5.74, 6) is 1.04. The zero-order chi connectivity index (χ0) is 15.8. The SMILES string of the molecule is C=CCCCCCN(C)C(=NCCCCCOC)NCC. The van der Waals surface area contributed by atoms with Gasteiger partial charge in [0.2, 0.25) is 0 Å². The summed E-state index contributed by atoms with van der Waals surface area (Å²) in [7, 11) is 3.88. The van der Waals surface area contributed by atoms with E-state index in [9.17, 15) is 0 Å². The molecule has 1 N–H and O–H groups in total. The number of guanidine groups is 1. The second-order valence-electron chi connectivity index (χ2n) is 5.35. The van der Waals surface area contributed by atoms with Crippen molar-refractivity contribution >= 4 is 5.96 Å². The van der Waals surface area contributed by atoms with Crippen LogP contribution in [0.5, 0.6) is 0 Å². The summed E-state index contributed by atoms with van der Waals surface area (Å²) in [6.07, 6.45) is 10.3. The predicted molar refractivity (Wildman–Crippen MR) is 93.0 cm³/mol. The second kappa shape index (κ2) is 15.4. The molecule has 21 heavy (non-hydrogen) atoms. The van der Waals surface area contributed by atoms with Gasteiger partial charge in [-0.05, 0) is 45.4 Å². The molecule has 0 aliphatic heterocycles. The lowest BCUT2D eigenvalue weighted by molar-refractivity contribution is 0.192. The van der Waals surface area contributed by atoms with Crippen LogP contribution in [0.3, 0.4) is 0 Å². The highest BCUT2D eigenvalue weighted by Crippen LogP contribution is 2.02. The van der Waals surface area contributed by atoms with Crippen molar-refractivity contribution in [3.05, 3.63) is 12.7 Å². The molecule has 4 heteroatoms. The largest absolute Gasteiger partial charge is 0.385 e. The van der Waals surface area contributed by atoms with E-state index in [1.165, 1.54) is 25.7 Å². The Morgan fingerprint density at radius 2 is 1.95 bits per heavy atom. The Labute approximate surface area is 131 Å². The van der Waals surface area contributed by atoms with Gasteiger partial charge in [-0.15, -0.1) is 6.58 Å². The first-order valence-corrected chi connectivity index (χ1v) is 8.35. The average molecular weight is 297 g/mol. The number of methoxy groups -OCH3 is 1. The van der Waals surface area contributed by atoms with E-state index in [2.05, 4.69) is 30.8 Å². The number of aliphatic imine (C=N–C) groups is 1. The molecule has 0 aromatic heterocycles. The lowest BCUT2D eigenvalue weighted by Gasteiger charge is -2.22. The Balaban J connectivity index is 3.92. The highest BCUT2D eigenvalue weighted by atomic mass is 16.5. The zero-order valence-electron chi connectivity index (χ0n) is 14.4. The molecular weight excluding hydrogens is 262 g/mol. The highest BCUT2D eigenvalue weighted by Gasteiger charge is 2.04. The summed E-state index contributed by atoms with van der Waals surface area (Å²) in [6.45, 7) is 9.61. The van der Waals surface area contributed by atoms with Gasteiger partial charge in [-0.2, -0.15) is 0 Å². The first-order valence-electron chi connectivity index (χ1n) is 8.35. The van der Waals surface area contributed by atoms with Gasteiger partial charge in [-0.1, -0.05) is 12.5 Å². The van der Waals surface area contributed by atoms with E-state index in [4.69, 9.17) is 9.73 Å². The molecule has 4 nitrogen and oxygen atoms in total. The van der Waals surface area contributed by atoms with Crippen LogP contribution in [0.2, 0.25) is 0 Å². The summed E-state index contributed by atoms with van der Waals surface area (Å²) < 4.78 is 5.06. The van der Waals surface area contributed by atoms with Gasteiger partial charge in [0.15, 0.2) is 5.96 Å². The fourth-order valence-electron chi connectivity index (χ4n) is 2.11. The molecule has 0 aliphatic rings. The van der Waals surface area contributed by atoms with E-state index in [1.807, 2.05) is 6.08 Å². The van der Waals surface area contributed by atoms with Gasteiger partial charge in [0.25, 0.3) is 0 Å². The second-order valence-corrected chi connectivity index (χ2v) is 5.35. The van der Waals surface area contributed by atoms with E-state index in [0.717, 1.165) is 51.5 Å². The number of nitrogens with one attached hydrogen (secondary N) is 1. The molecule has 0 fully saturated rings. The minimum Gasteiger partial charge on any atom is -0.385 e. The fraction of sp³-hybridized carbons (Fsp3) is 0.824. The summed E-state index contributed by atoms with van der Waals surface area (Å²) in [5.41, 5.74) is 0. The van der Waals surface area contributed by atoms with E-state index in [-0.39, 0.29) is 0 Å². The van der Waals surface area contributed by atoms with Gasteiger partial charge in [0, 0.05) is 40.4 Å². The molecule has 0 aliphatic carbocycles. The molecule has 0 heterocycles. The molecule has 0 aromatic carbocycles. The molecule has 0 bridgehead atoms. The number of allylic oxidation sites excluding steroid dienone is 1. The Morgan fingerprint density at radius 3 is 2.62 bits per heavy atom. The van der Waals surface area contributed by atoms with Crippen LogP contribution in [0, 0.1) is 0 Å². The number of ether oxygens (including phenoxy) is 1. The van der Waals surface area contributed by atoms with Crippen molar-refractivity contribution in [1.82, 2.24) is 10.2 Å². The van der Waals surface area contributed by atoms with Crippen molar-refractivity contribution in [2.75, 3.05) is 40.4 Å². The van der Waals surface area contributed by atoms with Crippen LogP contribution < -0.4 is 5.32 Å². The van der Waals surface area contributed by atoms with Crippen LogP contribution >= 0.6 is 0 Å². The maximum absolute atomic E-state index is 5.06. The lowest BCUT2D eigenvalue weighted by Crippen LogP contribution is -2.39. The molecule has 124 valence electrons. The summed E-state index contributed by atoms with van der Waals surface area (Å²) >= 11 is 0. The van der Waals surface area contributed by atoms with Crippen molar-refractivity contribution in [3.63, 3.8) is 0 Å². The third kappa shape index (κ3) is 12.4. The van der Waals surface area contributed by atoms with Crippen LogP contribution in [0.4, 0.5) is 0 Å². The van der Waals surface area contributed by atoms with Crippen molar-refractivity contribution < 1.29 is 4.74 Å². The summed E-state index contributed by atoms with van der Waals surface area (Å²) in [5, 5.41) is 3.37. The molecule has 0 spiro atoms. The van der Waals surface area contributed by atoms with Gasteiger partial charge in [-0.3, -0.25) is 4.99 Å². The summed E-state index contributed by atoms with van der Waals surface area (Å²) in [6, 6.07) is 0. The van der Waals surface area contributed by atoms with E-state index in [0.29, 0.717) is 0 Å². The number of nitrogens with zero attached hydrogens (tertiary/aromatic N) is 2. The predicted octanol–water partition coefficient (Wildman–Crippen LogP) is 3.45. The van der Waals surface area contributed by atoms with Crippen LogP contribution in [-0.2, 0) is 4.74 Å². The Morgan fingerprint density at radius 1 is 1.19 bits per heavy atom. The van der Waals surface area contributed by atoms with Gasteiger partial charge < -0.3 is 15.0 Å². The zero-order valence-corrected chi connectivity index (χ0v) is 14.4. The first-order chi connectivity index (χ1) is 10.3. The normalized spacial score (nSPS) is 11.5. The third-order valence-electron chi connectivity index (χ3n) is 3.37. The average Bonchev–Trinajstić information content (AvgIpc) is 2.49. The van der Waals surface area contributed by atoms with Crippen LogP contribution in [-0.4, -0.2) is 51.3 Å². The van der Waals surface area contributed by atoms with Gasteiger partial charge in [0.05, 0.1) is 0 Å². The Hall–Kier alpha value is -1.03. The smallest absolute Gasteiger partial charge is 0.193 e. The lowest BCUT2D eigenvalue weighted by atomic mass is 10.2. The summed E-state index contributed by atoms with van der Waals surface area (Å²) in [4.78, 5) is 6.94. The standard InChI is InChI=1S/C17H35N3O/c1-5-7-8-9-12-15-20(3)17(18-6-2)19-14-11-10-13-16-21-4/h5H,1,6-16H2,2-4H3,(H,18,19). The minimum absolute atomic E-state index is 0.856. The Bertz CT molecular complexity index is 267. The van der Waals surface area contributed by atoms with Gasteiger partial charge >= 0.3 is 0 Å². The molecule has 0 rings (SSSR count). The molecule has 0 unspecified atom stereocenters. The minimum atomic E-state index is 0.856. The van der Waals surface area contributed by atoms with Crippen LogP contribution in [0.25, 0.3) is 0 Å². The molecule has 0 saturated heterocycles. The van der Waals surface area contributed by atoms with Crippen LogP contribution in [0.15, 0.2) is 17.6 Å². The topological polar surface area (TPSA) is 36.9 Å². The van der Waals surface area contributed by atoms with Crippen molar-refractivity contribution in [1.29, 1.82) is 0 Å². The third-order valence-corrected chi connectivity index (χ3v) is 3.37. The quantitative estimate of drug-likeness (QED) is 0.245. The maximum atomic E-state index is 5.06. The molecule has 0 atom stereocenters. The number of hydrogen-bond donors (Lipinski definition) is 1. The molecule has 0 aromatic rings. The van der Waals surface area contributed by atoms with E-state index < -0.39 is 0 Å². The number of rotatable bonds is 13. The van der Waals surface area contributed by atoms with Gasteiger partial charge in [0.1, 0.15) is 0 Å². The van der Waals surface area contributed by atoms with E-state index in [1.54, 1.807) is 7.11 Å². The number of unbranched alkanes of at least 4 members (excludes halogenated alkanes) is 5. The van der Waals surface area contributed by atoms with Crippen LogP contribution in [0.1, 0.15) is 51.9 Å². The molecule has 0 amide bonds. The number of hydrogen-bond acceptors (Lipinski definition) is 2. The molecule has 0 saturated carbocycles. The van der Waals surface area contributed by atoms with Gasteiger partial charge in [-0.25, -0.2) is 0 Å². The van der Waals surface area contributed by atoms with E-state index >= 15 is 0 Å². The fourth-order valence-corrected chi connectivity index (χ4v) is 2.11. The monoisotopic (exact) mass is 297 g/mol. The van der Waals surface area contributed by atoms with Crippen molar-refractivity contribution in [2.24, 2.45) is 4.99 Å². The Kier molecular flexibility index (Phi) is 14.6. The first kappa shape index (κ1) is 20.0. The van der Waals surface area contributed by atoms with Crippen molar-refractivity contribution in [2.45, 2.75) is 51.9 Å².